The van der Waals surface area contributed by atoms with Crippen molar-refractivity contribution in [2.45, 2.75) is 141 Å². The van der Waals surface area contributed by atoms with Crippen LogP contribution in [0.1, 0.15) is 129 Å². The number of hydrogen-bond acceptors (Lipinski definition) is 3. The Hall–Kier alpha value is -0.130. The van der Waals surface area contributed by atoms with E-state index in [0.29, 0.717) is 12.8 Å². The summed E-state index contributed by atoms with van der Waals surface area (Å²) in [5.41, 5.74) is 0. The second-order valence-electron chi connectivity index (χ2n) is 8.19. The minimum Gasteiger partial charge on any atom is -0.393 e. The fourth-order valence-corrected chi connectivity index (χ4v) is 4.70. The topological polar surface area (TPSA) is 74.6 Å². The summed E-state index contributed by atoms with van der Waals surface area (Å²) >= 11 is 0. The predicted octanol–water partition coefficient (Wildman–Crippen LogP) is 6.67. The molecule has 5 heteroatoms. The summed E-state index contributed by atoms with van der Waals surface area (Å²) in [6, 6.07) is 0. The predicted molar refractivity (Wildman–Crippen MR) is 116 cm³/mol. The zero-order valence-electron chi connectivity index (χ0n) is 18.0. The standard InChI is InChI=1S/C22H46O4S/c1-3-5-6-7-8-9-10-11-14-18-21(23)19-15-12-13-16-20-22(17-4-2)27(24,25)26/h21-23H,3-20H2,1-2H3,(H,24,25,26). The molecule has 4 nitrogen and oxygen atoms in total. The van der Waals surface area contributed by atoms with Crippen LogP contribution in [0.5, 0.6) is 0 Å². The number of aliphatic hydroxyl groups is 1. The van der Waals surface area contributed by atoms with Gasteiger partial charge in [-0.05, 0) is 25.7 Å². The van der Waals surface area contributed by atoms with Gasteiger partial charge in [0.25, 0.3) is 10.1 Å². The number of rotatable bonds is 20. The van der Waals surface area contributed by atoms with Gasteiger partial charge in [0.2, 0.25) is 0 Å². The highest BCUT2D eigenvalue weighted by Crippen LogP contribution is 2.18. The lowest BCUT2D eigenvalue weighted by molar-refractivity contribution is 0.147. The Morgan fingerprint density at radius 3 is 1.41 bits per heavy atom. The zero-order chi connectivity index (χ0) is 20.4. The van der Waals surface area contributed by atoms with E-state index >= 15 is 0 Å². The Bertz CT molecular complexity index is 409. The van der Waals surface area contributed by atoms with Crippen molar-refractivity contribution < 1.29 is 18.1 Å². The normalized spacial score (nSPS) is 14.4. The molecule has 27 heavy (non-hydrogen) atoms. The SMILES string of the molecule is CCCCCCCCCCCC(O)CCCCCCC(CCC)S(=O)(=O)O. The van der Waals surface area contributed by atoms with Crippen LogP contribution in [0.4, 0.5) is 0 Å². The van der Waals surface area contributed by atoms with E-state index < -0.39 is 15.4 Å². The van der Waals surface area contributed by atoms with Gasteiger partial charge in [0.1, 0.15) is 0 Å². The van der Waals surface area contributed by atoms with E-state index in [2.05, 4.69) is 6.92 Å². The van der Waals surface area contributed by atoms with E-state index in [9.17, 15) is 18.1 Å². The molecule has 0 heterocycles. The molecule has 0 spiro atoms. The molecule has 0 fully saturated rings. The Morgan fingerprint density at radius 1 is 0.593 bits per heavy atom. The molecule has 0 saturated carbocycles. The first-order chi connectivity index (χ1) is 12.9. The van der Waals surface area contributed by atoms with Crippen molar-refractivity contribution in [2.75, 3.05) is 0 Å². The molecule has 0 saturated heterocycles. The van der Waals surface area contributed by atoms with Crippen molar-refractivity contribution >= 4 is 10.1 Å². The lowest BCUT2D eigenvalue weighted by Crippen LogP contribution is -2.20. The lowest BCUT2D eigenvalue weighted by atomic mass is 10.0. The molecule has 0 aromatic carbocycles. The second kappa shape index (κ2) is 17.9. The van der Waals surface area contributed by atoms with Crippen LogP contribution in [0, 0.1) is 0 Å². The number of aliphatic hydroxyl groups excluding tert-OH is 1. The maximum Gasteiger partial charge on any atom is 0.267 e. The van der Waals surface area contributed by atoms with E-state index in [1.165, 1.54) is 51.4 Å². The van der Waals surface area contributed by atoms with Gasteiger partial charge < -0.3 is 5.11 Å². The highest BCUT2D eigenvalue weighted by atomic mass is 32.2. The molecule has 0 amide bonds. The molecule has 164 valence electrons. The molecule has 2 atom stereocenters. The molecule has 0 aromatic heterocycles. The highest BCUT2D eigenvalue weighted by molar-refractivity contribution is 7.86. The van der Waals surface area contributed by atoms with Crippen LogP contribution in [0.25, 0.3) is 0 Å². The molecule has 0 aliphatic heterocycles. The summed E-state index contributed by atoms with van der Waals surface area (Å²) in [6.07, 6.45) is 19.1. The third kappa shape index (κ3) is 17.7. The van der Waals surface area contributed by atoms with Gasteiger partial charge in [-0.25, -0.2) is 0 Å². The Labute approximate surface area is 169 Å². The molecule has 2 N–H and O–H groups in total. The first kappa shape index (κ1) is 26.9. The monoisotopic (exact) mass is 406 g/mol. The highest BCUT2D eigenvalue weighted by Gasteiger charge is 2.21. The van der Waals surface area contributed by atoms with Gasteiger partial charge >= 0.3 is 0 Å². The summed E-state index contributed by atoms with van der Waals surface area (Å²) in [4.78, 5) is 0. The van der Waals surface area contributed by atoms with Gasteiger partial charge in [0.15, 0.2) is 0 Å². The summed E-state index contributed by atoms with van der Waals surface area (Å²) in [5.74, 6) is 0. The van der Waals surface area contributed by atoms with E-state index in [1.54, 1.807) is 0 Å². The molecule has 2 unspecified atom stereocenters. The quantitative estimate of drug-likeness (QED) is 0.175. The summed E-state index contributed by atoms with van der Waals surface area (Å²) < 4.78 is 31.8. The first-order valence-corrected chi connectivity index (χ1v) is 13.1. The lowest BCUT2D eigenvalue weighted by Gasteiger charge is -2.13. The molecule has 0 bridgehead atoms. The van der Waals surface area contributed by atoms with Gasteiger partial charge in [0.05, 0.1) is 11.4 Å². The van der Waals surface area contributed by atoms with Crippen molar-refractivity contribution in [1.29, 1.82) is 0 Å². The summed E-state index contributed by atoms with van der Waals surface area (Å²) in [5, 5.41) is 9.46. The smallest absolute Gasteiger partial charge is 0.267 e. The van der Waals surface area contributed by atoms with E-state index in [4.69, 9.17) is 0 Å². The van der Waals surface area contributed by atoms with Crippen LogP contribution in [0.3, 0.4) is 0 Å². The molecular weight excluding hydrogens is 360 g/mol. The third-order valence-corrected chi connectivity index (χ3v) is 6.80. The summed E-state index contributed by atoms with van der Waals surface area (Å²) in [7, 11) is -3.90. The average Bonchev–Trinajstić information content (AvgIpc) is 2.61. The largest absolute Gasteiger partial charge is 0.393 e. The minimum atomic E-state index is -3.90. The van der Waals surface area contributed by atoms with Gasteiger partial charge in [-0.15, -0.1) is 0 Å². The van der Waals surface area contributed by atoms with Crippen LogP contribution < -0.4 is 0 Å². The van der Waals surface area contributed by atoms with Crippen LogP contribution >= 0.6 is 0 Å². The van der Waals surface area contributed by atoms with Crippen molar-refractivity contribution in [3.05, 3.63) is 0 Å². The van der Waals surface area contributed by atoms with Gasteiger partial charge in [-0.1, -0.05) is 104 Å². The van der Waals surface area contributed by atoms with Crippen molar-refractivity contribution in [1.82, 2.24) is 0 Å². The minimum absolute atomic E-state index is 0.180. The Kier molecular flexibility index (Phi) is 17.8. The molecule has 0 rings (SSSR count). The molecular formula is C22H46O4S. The second-order valence-corrected chi connectivity index (χ2v) is 9.88. The van der Waals surface area contributed by atoms with Crippen molar-refractivity contribution in [3.63, 3.8) is 0 Å². The van der Waals surface area contributed by atoms with Crippen molar-refractivity contribution in [2.24, 2.45) is 0 Å². The van der Waals surface area contributed by atoms with Gasteiger partial charge in [0, 0.05) is 0 Å². The molecule has 0 aliphatic carbocycles. The van der Waals surface area contributed by atoms with E-state index in [1.807, 2.05) is 6.92 Å². The number of unbranched alkanes of at least 4 members (excludes halogenated alkanes) is 11. The third-order valence-electron chi connectivity index (χ3n) is 5.49. The Morgan fingerprint density at radius 2 is 1.00 bits per heavy atom. The maximum atomic E-state index is 11.3. The molecule has 0 aliphatic rings. The fourth-order valence-electron chi connectivity index (χ4n) is 3.70. The summed E-state index contributed by atoms with van der Waals surface area (Å²) in [6.45, 7) is 4.19. The zero-order valence-corrected chi connectivity index (χ0v) is 18.8. The van der Waals surface area contributed by atoms with Gasteiger partial charge in [-0.3, -0.25) is 4.55 Å². The van der Waals surface area contributed by atoms with E-state index in [-0.39, 0.29) is 6.10 Å². The first-order valence-electron chi connectivity index (χ1n) is 11.6. The van der Waals surface area contributed by atoms with Crippen LogP contribution in [-0.2, 0) is 10.1 Å². The van der Waals surface area contributed by atoms with Crippen LogP contribution in [0.2, 0.25) is 0 Å². The average molecular weight is 407 g/mol. The molecule has 0 radical (unpaired) electrons. The van der Waals surface area contributed by atoms with Gasteiger partial charge in [-0.2, -0.15) is 8.42 Å². The maximum absolute atomic E-state index is 11.3. The Balaban J connectivity index is 3.47. The van der Waals surface area contributed by atoms with E-state index in [0.717, 1.165) is 51.4 Å². The fraction of sp³-hybridized carbons (Fsp3) is 1.00. The van der Waals surface area contributed by atoms with Crippen LogP contribution in [0.15, 0.2) is 0 Å². The van der Waals surface area contributed by atoms with Crippen molar-refractivity contribution in [3.8, 4) is 0 Å². The molecule has 0 aromatic rings. The van der Waals surface area contributed by atoms with Crippen LogP contribution in [-0.4, -0.2) is 29.4 Å². The number of hydrogen-bond donors (Lipinski definition) is 2.